The Morgan fingerprint density at radius 3 is 1.67 bits per heavy atom. The number of carbonyl (C=O) groups excluding carboxylic acids is 3. The predicted octanol–water partition coefficient (Wildman–Crippen LogP) is -0.0745. The van der Waals surface area contributed by atoms with Gasteiger partial charge < -0.3 is 4.84 Å². The molecule has 1 rings (SSSR count). The topological polar surface area (TPSA) is 123 Å². The third kappa shape index (κ3) is 13.1. The predicted molar refractivity (Wildman–Crippen MR) is 57.2 cm³/mol. The molecule has 0 unspecified atom stereocenters. The van der Waals surface area contributed by atoms with Crippen molar-refractivity contribution in [3.63, 3.8) is 0 Å². The van der Waals surface area contributed by atoms with Crippen LogP contribution in [-0.2, 0) is 50.2 Å². The second kappa shape index (κ2) is 18.3. The summed E-state index contributed by atoms with van der Waals surface area (Å²) >= 11 is 0. The summed E-state index contributed by atoms with van der Waals surface area (Å²) in [6, 6.07) is 0. The Morgan fingerprint density at radius 1 is 1.05 bits per heavy atom. The summed E-state index contributed by atoms with van der Waals surface area (Å²) in [5.41, 5.74) is 0. The average Bonchev–Trinajstić information content (AvgIpc) is 2.76. The van der Waals surface area contributed by atoms with Gasteiger partial charge in [0.25, 0.3) is 11.8 Å². The number of hydrogen-bond donors (Lipinski definition) is 0. The largest absolute Gasteiger partial charge is 0.337 e. The summed E-state index contributed by atoms with van der Waals surface area (Å²) in [6.07, 6.45) is 1.16. The zero-order valence-corrected chi connectivity index (χ0v) is 11.7. The first-order chi connectivity index (χ1) is 9.50. The molecule has 8 nitrogen and oxygen atoms in total. The molecule has 0 spiro atoms. The van der Waals surface area contributed by atoms with Crippen LogP contribution in [0.4, 0.5) is 0 Å². The van der Waals surface area contributed by atoms with Crippen molar-refractivity contribution in [1.29, 1.82) is 0 Å². The van der Waals surface area contributed by atoms with Crippen LogP contribution in [0.15, 0.2) is 0 Å². The van der Waals surface area contributed by atoms with Crippen LogP contribution < -0.4 is 0 Å². The van der Waals surface area contributed by atoms with Gasteiger partial charge in [0.05, 0.1) is 6.42 Å². The fourth-order valence-electron chi connectivity index (χ4n) is 0.941. The van der Waals surface area contributed by atoms with Crippen molar-refractivity contribution < 1.29 is 50.2 Å². The van der Waals surface area contributed by atoms with Crippen LogP contribution in [0.5, 0.6) is 0 Å². The molecule has 0 N–H and O–H groups in total. The Morgan fingerprint density at radius 2 is 1.38 bits per heavy atom. The van der Waals surface area contributed by atoms with Gasteiger partial charge >= 0.3 is 39.9 Å². The van der Waals surface area contributed by atoms with Crippen LogP contribution in [-0.4, -0.2) is 22.8 Å². The van der Waals surface area contributed by atoms with E-state index in [1.807, 2.05) is 0 Å². The van der Waals surface area contributed by atoms with Gasteiger partial charge in [-0.15, -0.1) is 5.06 Å². The van der Waals surface area contributed by atoms with E-state index in [9.17, 15) is 14.4 Å². The quantitative estimate of drug-likeness (QED) is 0.310. The van der Waals surface area contributed by atoms with Gasteiger partial charge in [-0.2, -0.15) is 0 Å². The number of hydroxylamine groups is 2. The maximum Gasteiger partial charge on any atom is 0.337 e. The molecule has 112 valence electrons. The maximum absolute atomic E-state index is 11.0. The molecule has 0 aromatic heterocycles. The summed E-state index contributed by atoms with van der Waals surface area (Å²) in [4.78, 5) is 37.4. The minimum Gasteiger partial charge on any atom is -0.330 e. The van der Waals surface area contributed by atoms with Crippen LogP contribution in [0.1, 0.15) is 12.8 Å². The van der Waals surface area contributed by atoms with Gasteiger partial charge in [0.15, 0.2) is 0 Å². The number of rotatable bonds is 3. The molecule has 0 saturated carbocycles. The number of nitrogens with zero attached hydrogens (tertiary/aromatic N) is 1. The van der Waals surface area contributed by atoms with E-state index in [1.165, 1.54) is 0 Å². The van der Waals surface area contributed by atoms with Crippen molar-refractivity contribution in [1.82, 2.24) is 5.06 Å². The SMILES string of the molecule is [C-]#[O+].[C-]#[O+].[C-]#[O+].[CH2][C]([CH2])[CH]C(=O)ON1C(=O)CCC1=O.[Fe]. The monoisotopic (exact) mass is 335 g/mol. The molecule has 1 fully saturated rings. The zero-order valence-electron chi connectivity index (χ0n) is 10.6. The molecule has 0 aromatic rings. The summed E-state index contributed by atoms with van der Waals surface area (Å²) in [7, 11) is 0. The third-order valence-electron chi connectivity index (χ3n) is 1.51. The van der Waals surface area contributed by atoms with Crippen molar-refractivity contribution in [2.45, 2.75) is 12.8 Å². The van der Waals surface area contributed by atoms with Crippen molar-refractivity contribution in [2.75, 3.05) is 0 Å². The minimum atomic E-state index is -0.825. The molecule has 0 aliphatic carbocycles. The molecule has 1 aliphatic heterocycles. The van der Waals surface area contributed by atoms with Crippen LogP contribution >= 0.6 is 0 Å². The summed E-state index contributed by atoms with van der Waals surface area (Å²) in [6.45, 7) is 20.2. The molecule has 21 heavy (non-hydrogen) atoms. The van der Waals surface area contributed by atoms with E-state index < -0.39 is 17.8 Å². The second-order valence-corrected chi connectivity index (χ2v) is 2.79. The molecule has 0 atom stereocenters. The van der Waals surface area contributed by atoms with Crippen LogP contribution in [0.3, 0.4) is 0 Å². The molecule has 0 bridgehead atoms. The first-order valence-corrected chi connectivity index (χ1v) is 4.55. The molecule has 1 aliphatic rings. The smallest absolute Gasteiger partial charge is 0.330 e. The molecule has 4 radical (unpaired) electrons. The van der Waals surface area contributed by atoms with Gasteiger partial charge in [0.1, 0.15) is 0 Å². The van der Waals surface area contributed by atoms with E-state index in [2.05, 4.69) is 38.6 Å². The maximum atomic E-state index is 11.0. The van der Waals surface area contributed by atoms with Gasteiger partial charge in [-0.25, -0.2) is 4.79 Å². The van der Waals surface area contributed by atoms with Gasteiger partial charge in [-0.05, 0) is 19.8 Å². The van der Waals surface area contributed by atoms with E-state index in [-0.39, 0.29) is 35.8 Å². The molecule has 9 heteroatoms. The van der Waals surface area contributed by atoms with Crippen molar-refractivity contribution >= 4 is 17.8 Å². The number of imide groups is 1. The Bertz CT molecular complexity index is 357. The van der Waals surface area contributed by atoms with Gasteiger partial charge in [0, 0.05) is 29.9 Å². The Balaban J connectivity index is -0.000000183. The Kier molecular flexibility index (Phi) is 24.2. The first-order valence-electron chi connectivity index (χ1n) is 4.55. The fourth-order valence-corrected chi connectivity index (χ4v) is 0.941. The zero-order chi connectivity index (χ0) is 16.7. The molecular weight excluding hydrogens is 326 g/mol. The van der Waals surface area contributed by atoms with Gasteiger partial charge in [-0.3, -0.25) is 9.59 Å². The first kappa shape index (κ1) is 27.7. The summed E-state index contributed by atoms with van der Waals surface area (Å²) < 4.78 is 22.5. The summed E-state index contributed by atoms with van der Waals surface area (Å²) in [5, 5.41) is 0.474. The second-order valence-electron chi connectivity index (χ2n) is 2.79. The Hall–Kier alpha value is -1.65. The molecular formula is C12H9FeNO7. The van der Waals surface area contributed by atoms with Crippen LogP contribution in [0, 0.1) is 46.1 Å². The minimum absolute atomic E-state index is 0. The van der Waals surface area contributed by atoms with E-state index in [4.69, 9.17) is 14.0 Å². The van der Waals surface area contributed by atoms with E-state index in [1.54, 1.807) is 0 Å². The van der Waals surface area contributed by atoms with Gasteiger partial charge in [-0.1, -0.05) is 0 Å². The number of carbonyl (C=O) groups is 3. The number of amides is 2. The third-order valence-corrected chi connectivity index (χ3v) is 1.51. The van der Waals surface area contributed by atoms with Crippen LogP contribution in [0.25, 0.3) is 0 Å². The van der Waals surface area contributed by atoms with Crippen molar-refractivity contribution in [3.05, 3.63) is 46.1 Å². The van der Waals surface area contributed by atoms with E-state index in [0.29, 0.717) is 5.06 Å². The summed E-state index contributed by atoms with van der Waals surface area (Å²) in [5.74, 6) is -1.60. The number of hydrogen-bond acceptors (Lipinski definition) is 4. The van der Waals surface area contributed by atoms with Crippen LogP contribution in [0.2, 0.25) is 0 Å². The average molecular weight is 335 g/mol. The standard InChI is InChI=1S/C9H9NO4.3CO.Fe/c1-6(2)5-9(13)14-10-7(11)3-4-8(10)12;3*1-2;/h5H,1-4H2;;;;. The molecule has 1 saturated heterocycles. The Labute approximate surface area is 132 Å². The van der Waals surface area contributed by atoms with Crippen molar-refractivity contribution in [3.8, 4) is 0 Å². The van der Waals surface area contributed by atoms with Gasteiger partial charge in [0.2, 0.25) is 0 Å². The van der Waals surface area contributed by atoms with Crippen molar-refractivity contribution in [2.24, 2.45) is 0 Å². The molecule has 1 heterocycles. The van der Waals surface area contributed by atoms with E-state index in [0.717, 1.165) is 6.42 Å². The molecule has 2 amide bonds. The normalized spacial score (nSPS) is 11.4. The molecule has 0 aromatic carbocycles. The van der Waals surface area contributed by atoms with E-state index >= 15 is 0 Å². The fraction of sp³-hybridized carbons (Fsp3) is 0.167.